The topological polar surface area (TPSA) is 105 Å². The van der Waals surface area contributed by atoms with E-state index in [1.54, 1.807) is 0 Å². The van der Waals surface area contributed by atoms with Crippen LogP contribution >= 0.6 is 0 Å². The number of benzene rings is 2. The highest BCUT2D eigenvalue weighted by Gasteiger charge is 2.27. The van der Waals surface area contributed by atoms with Crippen LogP contribution in [0.25, 0.3) is 0 Å². The second-order valence-corrected chi connectivity index (χ2v) is 8.40. The molecular formula is C27H36N2O5. The second kappa shape index (κ2) is 15.5. The Balaban J connectivity index is 1.96. The van der Waals surface area contributed by atoms with Crippen molar-refractivity contribution in [2.24, 2.45) is 0 Å². The molecule has 0 heterocycles. The number of hydrogen-bond donors (Lipinski definition) is 3. The minimum Gasteiger partial charge on any atom is -0.480 e. The number of hydrogen-bond acceptors (Lipinski definition) is 4. The summed E-state index contributed by atoms with van der Waals surface area (Å²) in [4.78, 5) is 37.1. The van der Waals surface area contributed by atoms with Crippen LogP contribution in [0.1, 0.15) is 63.0 Å². The molecule has 2 aromatic rings. The van der Waals surface area contributed by atoms with E-state index in [0.717, 1.165) is 43.2 Å². The predicted molar refractivity (Wildman–Crippen MR) is 131 cm³/mol. The van der Waals surface area contributed by atoms with Gasteiger partial charge in [-0.2, -0.15) is 0 Å². The lowest BCUT2D eigenvalue weighted by Crippen LogP contribution is -2.52. The number of carboxylic acid groups (broad SMARTS) is 1. The van der Waals surface area contributed by atoms with Crippen molar-refractivity contribution in [1.29, 1.82) is 0 Å². The summed E-state index contributed by atoms with van der Waals surface area (Å²) in [5, 5.41) is 14.8. The van der Waals surface area contributed by atoms with Crippen molar-refractivity contribution in [3.63, 3.8) is 0 Å². The molecule has 184 valence electrons. The second-order valence-electron chi connectivity index (χ2n) is 8.40. The standard InChI is InChI=1S/C27H36N2O5/c1-2-3-4-5-6-13-18-23(26(31)32)28-25(30)24(19-21-14-9-7-10-15-21)29-27(33)34-20-22-16-11-8-12-17-22/h7-12,14-17,23-24H,2-6,13,18-20H2,1H3,(H,28,30)(H,29,33)(H,31,32)/t23-,24-/m1/s1. The lowest BCUT2D eigenvalue weighted by Gasteiger charge is -2.21. The largest absolute Gasteiger partial charge is 0.480 e. The summed E-state index contributed by atoms with van der Waals surface area (Å²) >= 11 is 0. The van der Waals surface area contributed by atoms with Crippen molar-refractivity contribution in [3.05, 3.63) is 71.8 Å². The maximum absolute atomic E-state index is 13.0. The number of unbranched alkanes of at least 4 members (excludes halogenated alkanes) is 5. The normalized spacial score (nSPS) is 12.4. The molecule has 0 aliphatic carbocycles. The SMILES string of the molecule is CCCCCCCC[C@@H](NC(=O)[C@@H](Cc1ccccc1)NC(=O)OCc1ccccc1)C(=O)O. The van der Waals surface area contributed by atoms with E-state index in [2.05, 4.69) is 17.6 Å². The third-order valence-corrected chi connectivity index (χ3v) is 5.56. The number of alkyl carbamates (subject to hydrolysis) is 1. The predicted octanol–water partition coefficient (Wildman–Crippen LogP) is 4.84. The number of carboxylic acids is 1. The molecule has 0 aliphatic rings. The molecule has 0 spiro atoms. The van der Waals surface area contributed by atoms with E-state index in [4.69, 9.17) is 4.74 Å². The zero-order valence-corrected chi connectivity index (χ0v) is 19.9. The van der Waals surface area contributed by atoms with Gasteiger partial charge in [-0.25, -0.2) is 9.59 Å². The highest BCUT2D eigenvalue weighted by atomic mass is 16.5. The van der Waals surface area contributed by atoms with E-state index >= 15 is 0 Å². The lowest BCUT2D eigenvalue weighted by molar-refractivity contribution is -0.142. The van der Waals surface area contributed by atoms with E-state index in [1.165, 1.54) is 6.42 Å². The fraction of sp³-hybridized carbons (Fsp3) is 0.444. The van der Waals surface area contributed by atoms with E-state index in [0.29, 0.717) is 6.42 Å². The summed E-state index contributed by atoms with van der Waals surface area (Å²) < 4.78 is 5.26. The van der Waals surface area contributed by atoms with Gasteiger partial charge in [-0.3, -0.25) is 4.79 Å². The van der Waals surface area contributed by atoms with Crippen molar-refractivity contribution >= 4 is 18.0 Å². The third kappa shape index (κ3) is 10.5. The number of carbonyl (C=O) groups is 3. The van der Waals surface area contributed by atoms with Crippen LogP contribution in [0.3, 0.4) is 0 Å². The van der Waals surface area contributed by atoms with Gasteiger partial charge in [0, 0.05) is 6.42 Å². The van der Waals surface area contributed by atoms with E-state index in [1.807, 2.05) is 60.7 Å². The van der Waals surface area contributed by atoms with Gasteiger partial charge in [-0.15, -0.1) is 0 Å². The summed E-state index contributed by atoms with van der Waals surface area (Å²) in [5.74, 6) is -1.62. The molecule has 0 bridgehead atoms. The molecule has 0 radical (unpaired) electrons. The van der Waals surface area contributed by atoms with Gasteiger partial charge in [0.05, 0.1) is 0 Å². The van der Waals surface area contributed by atoms with Gasteiger partial charge in [0.1, 0.15) is 18.7 Å². The highest BCUT2D eigenvalue weighted by Crippen LogP contribution is 2.10. The Hall–Kier alpha value is -3.35. The molecule has 0 unspecified atom stereocenters. The first-order valence-corrected chi connectivity index (χ1v) is 12.0. The molecule has 2 rings (SSSR count). The average Bonchev–Trinajstić information content (AvgIpc) is 2.84. The monoisotopic (exact) mass is 468 g/mol. The number of carbonyl (C=O) groups excluding carboxylic acids is 2. The smallest absolute Gasteiger partial charge is 0.408 e. The summed E-state index contributed by atoms with van der Waals surface area (Å²) in [6, 6.07) is 16.5. The third-order valence-electron chi connectivity index (χ3n) is 5.56. The molecule has 7 nitrogen and oxygen atoms in total. The molecule has 34 heavy (non-hydrogen) atoms. The van der Waals surface area contributed by atoms with Gasteiger partial charge in [0.15, 0.2) is 0 Å². The molecular weight excluding hydrogens is 432 g/mol. The number of aliphatic carboxylic acids is 1. The van der Waals surface area contributed by atoms with Crippen LogP contribution in [0, 0.1) is 0 Å². The molecule has 0 fully saturated rings. The van der Waals surface area contributed by atoms with Crippen LogP contribution in [0.4, 0.5) is 4.79 Å². The molecule has 2 amide bonds. The Morgan fingerprint density at radius 2 is 1.38 bits per heavy atom. The van der Waals surface area contributed by atoms with E-state index < -0.39 is 30.1 Å². The van der Waals surface area contributed by atoms with Crippen molar-refractivity contribution in [1.82, 2.24) is 10.6 Å². The molecule has 0 saturated carbocycles. The Morgan fingerprint density at radius 3 is 2.00 bits per heavy atom. The summed E-state index contributed by atoms with van der Waals surface area (Å²) in [7, 11) is 0. The van der Waals surface area contributed by atoms with Crippen molar-refractivity contribution in [2.75, 3.05) is 0 Å². The van der Waals surface area contributed by atoms with Gasteiger partial charge >= 0.3 is 12.1 Å². The minimum atomic E-state index is -1.08. The highest BCUT2D eigenvalue weighted by molar-refractivity contribution is 5.89. The van der Waals surface area contributed by atoms with Crippen LogP contribution in [0.15, 0.2) is 60.7 Å². The quantitative estimate of drug-likeness (QED) is 0.324. The van der Waals surface area contributed by atoms with Crippen molar-refractivity contribution < 1.29 is 24.2 Å². The molecule has 0 aliphatic heterocycles. The Labute approximate surface area is 201 Å². The maximum atomic E-state index is 13.0. The zero-order valence-electron chi connectivity index (χ0n) is 19.9. The van der Waals surface area contributed by atoms with Gasteiger partial charge in [-0.1, -0.05) is 106 Å². The molecule has 2 aromatic carbocycles. The van der Waals surface area contributed by atoms with Crippen molar-refractivity contribution in [2.45, 2.75) is 77.0 Å². The average molecular weight is 469 g/mol. The Kier molecular flexibility index (Phi) is 12.2. The Bertz CT molecular complexity index is 873. The summed E-state index contributed by atoms with van der Waals surface area (Å²) in [6.07, 6.45) is 5.99. The lowest BCUT2D eigenvalue weighted by atomic mass is 10.0. The zero-order chi connectivity index (χ0) is 24.6. The number of amides is 2. The van der Waals surface area contributed by atoms with E-state index in [-0.39, 0.29) is 13.0 Å². The van der Waals surface area contributed by atoms with Gasteiger partial charge < -0.3 is 20.5 Å². The van der Waals surface area contributed by atoms with Crippen LogP contribution in [-0.4, -0.2) is 35.2 Å². The fourth-order valence-electron chi connectivity index (χ4n) is 3.62. The van der Waals surface area contributed by atoms with Crippen LogP contribution in [0.2, 0.25) is 0 Å². The van der Waals surface area contributed by atoms with E-state index in [9.17, 15) is 19.5 Å². The molecule has 2 atom stereocenters. The van der Waals surface area contributed by atoms with Gasteiger partial charge in [-0.05, 0) is 17.5 Å². The molecule has 3 N–H and O–H groups in total. The van der Waals surface area contributed by atoms with Crippen molar-refractivity contribution in [3.8, 4) is 0 Å². The number of rotatable bonds is 15. The Morgan fingerprint density at radius 1 is 0.794 bits per heavy atom. The summed E-state index contributed by atoms with van der Waals surface area (Å²) in [6.45, 7) is 2.22. The molecule has 7 heteroatoms. The molecule has 0 saturated heterocycles. The number of nitrogens with one attached hydrogen (secondary N) is 2. The van der Waals surface area contributed by atoms with Gasteiger partial charge in [0.25, 0.3) is 0 Å². The number of ether oxygens (including phenoxy) is 1. The van der Waals surface area contributed by atoms with Crippen LogP contribution < -0.4 is 10.6 Å². The minimum absolute atomic E-state index is 0.0716. The first kappa shape index (κ1) is 26.9. The van der Waals surface area contributed by atoms with Gasteiger partial charge in [0.2, 0.25) is 5.91 Å². The molecule has 0 aromatic heterocycles. The summed E-state index contributed by atoms with van der Waals surface area (Å²) in [5.41, 5.74) is 1.67. The fourth-order valence-corrected chi connectivity index (χ4v) is 3.62. The maximum Gasteiger partial charge on any atom is 0.408 e. The first-order chi connectivity index (χ1) is 16.5. The van der Waals surface area contributed by atoms with Crippen LogP contribution in [-0.2, 0) is 27.4 Å². The first-order valence-electron chi connectivity index (χ1n) is 12.0. The van der Waals surface area contributed by atoms with Crippen LogP contribution in [0.5, 0.6) is 0 Å².